The lowest BCUT2D eigenvalue weighted by Gasteiger charge is -2.11. The molecule has 10 heteroatoms. The Bertz CT molecular complexity index is 1180. The van der Waals surface area contributed by atoms with Gasteiger partial charge in [0.1, 0.15) is 5.75 Å². The summed E-state index contributed by atoms with van der Waals surface area (Å²) >= 11 is 0. The summed E-state index contributed by atoms with van der Waals surface area (Å²) in [6, 6.07) is 17.2. The third-order valence-electron chi connectivity index (χ3n) is 4.08. The summed E-state index contributed by atoms with van der Waals surface area (Å²) in [6.07, 6.45) is 0. The Hall–Kier alpha value is -3.92. The predicted octanol–water partition coefficient (Wildman–Crippen LogP) is 3.66. The highest BCUT2D eigenvalue weighted by molar-refractivity contribution is 7.92. The van der Waals surface area contributed by atoms with Gasteiger partial charge in [0.2, 0.25) is 0 Å². The van der Waals surface area contributed by atoms with Gasteiger partial charge in [0, 0.05) is 29.1 Å². The molecule has 3 rings (SSSR count). The van der Waals surface area contributed by atoms with Gasteiger partial charge in [-0.25, -0.2) is 8.42 Å². The van der Waals surface area contributed by atoms with E-state index < -0.39 is 20.9 Å². The second-order valence-corrected chi connectivity index (χ2v) is 7.80. The number of nitro benzene ring substituents is 1. The molecule has 0 fully saturated rings. The first-order valence-electron chi connectivity index (χ1n) is 8.61. The molecular weight excluding hydrogens is 410 g/mol. The Kier molecular flexibility index (Phi) is 5.98. The van der Waals surface area contributed by atoms with Crippen LogP contribution < -0.4 is 14.8 Å². The molecule has 9 nitrogen and oxygen atoms in total. The van der Waals surface area contributed by atoms with Crippen molar-refractivity contribution in [2.24, 2.45) is 0 Å². The van der Waals surface area contributed by atoms with Crippen molar-refractivity contribution < 1.29 is 22.9 Å². The van der Waals surface area contributed by atoms with Crippen LogP contribution in [-0.4, -0.2) is 26.4 Å². The number of anilines is 2. The van der Waals surface area contributed by atoms with Crippen molar-refractivity contribution in [1.82, 2.24) is 0 Å². The normalized spacial score (nSPS) is 10.8. The van der Waals surface area contributed by atoms with Gasteiger partial charge in [0.25, 0.3) is 21.6 Å². The maximum absolute atomic E-state index is 12.6. The third kappa shape index (κ3) is 4.92. The zero-order chi connectivity index (χ0) is 21.7. The quantitative estimate of drug-likeness (QED) is 0.437. The number of carbonyl (C=O) groups excluding carboxylic acids is 1. The van der Waals surface area contributed by atoms with Gasteiger partial charge in [-0.05, 0) is 54.6 Å². The summed E-state index contributed by atoms with van der Waals surface area (Å²) in [5.41, 5.74) is 0.682. The van der Waals surface area contributed by atoms with E-state index in [1.54, 1.807) is 24.3 Å². The molecule has 0 bridgehead atoms. The largest absolute Gasteiger partial charge is 0.497 e. The molecule has 0 atom stereocenters. The zero-order valence-electron chi connectivity index (χ0n) is 15.7. The minimum absolute atomic E-state index is 0.0418. The Balaban J connectivity index is 1.75. The molecule has 3 aromatic carbocycles. The molecule has 0 unspecified atom stereocenters. The van der Waals surface area contributed by atoms with Gasteiger partial charge < -0.3 is 10.1 Å². The first-order valence-corrected chi connectivity index (χ1v) is 10.1. The lowest BCUT2D eigenvalue weighted by molar-refractivity contribution is -0.384. The lowest BCUT2D eigenvalue weighted by atomic mass is 10.2. The Labute approximate surface area is 172 Å². The molecular formula is C20H17N3O6S. The van der Waals surface area contributed by atoms with Gasteiger partial charge >= 0.3 is 0 Å². The zero-order valence-corrected chi connectivity index (χ0v) is 16.5. The first-order chi connectivity index (χ1) is 14.3. The molecule has 2 N–H and O–H groups in total. The molecule has 0 spiro atoms. The standard InChI is InChI=1S/C20H17N3O6S/c1-29-18-11-7-15(8-12-18)22-30(27,28)19-4-2-3-16(13-19)21-20(24)14-5-9-17(10-6-14)23(25)26/h2-13,22H,1H3,(H,21,24). The Morgan fingerprint density at radius 2 is 1.63 bits per heavy atom. The van der Waals surface area contributed by atoms with Crippen LogP contribution in [0.15, 0.2) is 77.7 Å². The fraction of sp³-hybridized carbons (Fsp3) is 0.0500. The molecule has 0 aromatic heterocycles. The summed E-state index contributed by atoms with van der Waals surface area (Å²) in [6.45, 7) is 0. The number of carbonyl (C=O) groups is 1. The maximum Gasteiger partial charge on any atom is 0.269 e. The Morgan fingerprint density at radius 3 is 2.23 bits per heavy atom. The summed E-state index contributed by atoms with van der Waals surface area (Å²) in [5.74, 6) is 0.0662. The molecule has 0 saturated carbocycles. The summed E-state index contributed by atoms with van der Waals surface area (Å²) in [7, 11) is -2.38. The van der Waals surface area contributed by atoms with Gasteiger partial charge in [-0.1, -0.05) is 6.07 Å². The number of amides is 1. The molecule has 0 aliphatic carbocycles. The monoisotopic (exact) mass is 427 g/mol. The molecule has 0 radical (unpaired) electrons. The molecule has 3 aromatic rings. The smallest absolute Gasteiger partial charge is 0.269 e. The van der Waals surface area contributed by atoms with Gasteiger partial charge in [0.15, 0.2) is 0 Å². The summed E-state index contributed by atoms with van der Waals surface area (Å²) in [5, 5.41) is 13.3. The van der Waals surface area contributed by atoms with Crippen LogP contribution in [0.5, 0.6) is 5.75 Å². The van der Waals surface area contributed by atoms with Crippen molar-refractivity contribution in [2.75, 3.05) is 17.1 Å². The second kappa shape index (κ2) is 8.62. The average molecular weight is 427 g/mol. The second-order valence-electron chi connectivity index (χ2n) is 6.12. The molecule has 0 saturated heterocycles. The number of methoxy groups -OCH3 is 1. The van der Waals surface area contributed by atoms with Crippen molar-refractivity contribution in [3.05, 3.63) is 88.5 Å². The van der Waals surface area contributed by atoms with Crippen LogP contribution in [0.25, 0.3) is 0 Å². The van der Waals surface area contributed by atoms with Gasteiger partial charge in [-0.3, -0.25) is 19.6 Å². The van der Waals surface area contributed by atoms with E-state index in [1.165, 1.54) is 55.6 Å². The lowest BCUT2D eigenvalue weighted by Crippen LogP contribution is -2.15. The van der Waals surface area contributed by atoms with Crippen molar-refractivity contribution >= 4 is 33.0 Å². The van der Waals surface area contributed by atoms with E-state index in [0.29, 0.717) is 11.4 Å². The number of nitrogens with one attached hydrogen (secondary N) is 2. The fourth-order valence-corrected chi connectivity index (χ4v) is 3.66. The molecule has 0 aliphatic rings. The minimum atomic E-state index is -3.89. The minimum Gasteiger partial charge on any atom is -0.497 e. The highest BCUT2D eigenvalue weighted by Crippen LogP contribution is 2.22. The van der Waals surface area contributed by atoms with Crippen LogP contribution in [-0.2, 0) is 10.0 Å². The number of hydrogen-bond donors (Lipinski definition) is 2. The number of nitrogens with zero attached hydrogens (tertiary/aromatic N) is 1. The highest BCUT2D eigenvalue weighted by atomic mass is 32.2. The van der Waals surface area contributed by atoms with E-state index in [1.807, 2.05) is 0 Å². The number of nitro groups is 1. The van der Waals surface area contributed by atoms with E-state index in [4.69, 9.17) is 4.74 Å². The van der Waals surface area contributed by atoms with E-state index in [9.17, 15) is 23.3 Å². The van der Waals surface area contributed by atoms with E-state index >= 15 is 0 Å². The van der Waals surface area contributed by atoms with Crippen LogP contribution in [0.4, 0.5) is 17.1 Å². The SMILES string of the molecule is COc1ccc(NS(=O)(=O)c2cccc(NC(=O)c3ccc([N+](=O)[O-])cc3)c2)cc1. The van der Waals surface area contributed by atoms with Crippen molar-refractivity contribution in [3.8, 4) is 5.75 Å². The molecule has 154 valence electrons. The summed E-state index contributed by atoms with van der Waals surface area (Å²) in [4.78, 5) is 22.4. The number of sulfonamides is 1. The van der Waals surface area contributed by atoms with Crippen LogP contribution in [0.3, 0.4) is 0 Å². The molecule has 0 heterocycles. The topological polar surface area (TPSA) is 128 Å². The molecule has 1 amide bonds. The first kappa shape index (κ1) is 20.8. The van der Waals surface area contributed by atoms with Crippen LogP contribution in [0.1, 0.15) is 10.4 Å². The average Bonchev–Trinajstić information content (AvgIpc) is 2.74. The number of ether oxygens (including phenoxy) is 1. The van der Waals surface area contributed by atoms with E-state index in [2.05, 4.69) is 10.0 Å². The van der Waals surface area contributed by atoms with Crippen molar-refractivity contribution in [2.45, 2.75) is 4.90 Å². The molecule has 30 heavy (non-hydrogen) atoms. The highest BCUT2D eigenvalue weighted by Gasteiger charge is 2.16. The number of non-ortho nitro benzene ring substituents is 1. The van der Waals surface area contributed by atoms with Crippen LogP contribution >= 0.6 is 0 Å². The van der Waals surface area contributed by atoms with Crippen molar-refractivity contribution in [1.29, 1.82) is 0 Å². The van der Waals surface area contributed by atoms with Gasteiger partial charge in [-0.2, -0.15) is 0 Å². The van der Waals surface area contributed by atoms with Gasteiger partial charge in [-0.15, -0.1) is 0 Å². The molecule has 0 aliphatic heterocycles. The van der Waals surface area contributed by atoms with E-state index in [-0.39, 0.29) is 21.8 Å². The maximum atomic E-state index is 12.6. The van der Waals surface area contributed by atoms with Gasteiger partial charge in [0.05, 0.1) is 16.9 Å². The Morgan fingerprint density at radius 1 is 0.967 bits per heavy atom. The fourth-order valence-electron chi connectivity index (χ4n) is 2.55. The number of rotatable bonds is 7. The number of hydrogen-bond acceptors (Lipinski definition) is 6. The number of benzene rings is 3. The van der Waals surface area contributed by atoms with Crippen LogP contribution in [0, 0.1) is 10.1 Å². The predicted molar refractivity (Wildman–Crippen MR) is 111 cm³/mol. The van der Waals surface area contributed by atoms with Crippen LogP contribution in [0.2, 0.25) is 0 Å². The third-order valence-corrected chi connectivity index (χ3v) is 5.46. The van der Waals surface area contributed by atoms with Crippen molar-refractivity contribution in [3.63, 3.8) is 0 Å². The summed E-state index contributed by atoms with van der Waals surface area (Å²) < 4.78 is 32.8. The van der Waals surface area contributed by atoms with E-state index in [0.717, 1.165) is 0 Å².